The first-order valence-electron chi connectivity index (χ1n) is 5.33. The second-order valence-corrected chi connectivity index (χ2v) is 4.07. The zero-order valence-electron chi connectivity index (χ0n) is 8.58. The van der Waals surface area contributed by atoms with Crippen LogP contribution in [0.15, 0.2) is 0 Å². The molecule has 0 aromatic carbocycles. The number of alkyl halides is 3. The van der Waals surface area contributed by atoms with E-state index in [1.807, 2.05) is 0 Å². The summed E-state index contributed by atoms with van der Waals surface area (Å²) in [6.45, 7) is 2.59. The molecule has 0 aromatic heterocycles. The normalized spacial score (nSPS) is 19.7. The number of halogens is 3. The second-order valence-electron chi connectivity index (χ2n) is 4.07. The van der Waals surface area contributed by atoms with Crippen LogP contribution < -0.4 is 5.32 Å². The number of unbranched alkanes of at least 4 members (excludes halogenated alkanes) is 3. The lowest BCUT2D eigenvalue weighted by Crippen LogP contribution is -2.45. The molecule has 1 nitrogen and oxygen atoms in total. The molecule has 0 spiro atoms. The van der Waals surface area contributed by atoms with Crippen LogP contribution in [-0.4, -0.2) is 18.3 Å². The molecule has 0 unspecified atom stereocenters. The molecule has 14 heavy (non-hydrogen) atoms. The molecule has 0 aromatic rings. The monoisotopic (exact) mass is 209 g/mol. The molecule has 0 radical (unpaired) electrons. The van der Waals surface area contributed by atoms with Gasteiger partial charge in [-0.05, 0) is 25.8 Å². The molecule has 0 heterocycles. The fraction of sp³-hybridized carbons (Fsp3) is 1.00. The summed E-state index contributed by atoms with van der Waals surface area (Å²) < 4.78 is 37.2. The summed E-state index contributed by atoms with van der Waals surface area (Å²) in [5, 5.41) is 2.64. The average molecular weight is 209 g/mol. The lowest BCUT2D eigenvalue weighted by Gasteiger charge is -2.20. The molecule has 1 saturated carbocycles. The third-order valence-corrected chi connectivity index (χ3v) is 2.79. The summed E-state index contributed by atoms with van der Waals surface area (Å²) in [6.07, 6.45) is 0.556. The zero-order chi connectivity index (χ0) is 10.7. The summed E-state index contributed by atoms with van der Waals surface area (Å²) in [4.78, 5) is 0. The Bertz CT molecular complexity index is 173. The summed E-state index contributed by atoms with van der Waals surface area (Å²) >= 11 is 0. The molecule has 0 amide bonds. The lowest BCUT2D eigenvalue weighted by molar-refractivity contribution is -0.165. The number of nitrogens with one attached hydrogen (secondary N) is 1. The van der Waals surface area contributed by atoms with Gasteiger partial charge in [0.1, 0.15) is 5.54 Å². The minimum Gasteiger partial charge on any atom is -0.304 e. The maximum absolute atomic E-state index is 12.4. The number of hydrogen-bond donors (Lipinski definition) is 1. The molecule has 1 N–H and O–H groups in total. The third-order valence-electron chi connectivity index (χ3n) is 2.79. The Kier molecular flexibility index (Phi) is 3.81. The summed E-state index contributed by atoms with van der Waals surface area (Å²) in [5.74, 6) is 0. The molecule has 0 atom stereocenters. The minimum absolute atomic E-state index is 0.254. The predicted octanol–water partition coefficient (Wildman–Crippen LogP) is 3.25. The van der Waals surface area contributed by atoms with E-state index in [0.29, 0.717) is 6.54 Å². The van der Waals surface area contributed by atoms with Gasteiger partial charge in [0.25, 0.3) is 0 Å². The fourth-order valence-electron chi connectivity index (χ4n) is 1.56. The van der Waals surface area contributed by atoms with Crippen molar-refractivity contribution >= 4 is 0 Å². The van der Waals surface area contributed by atoms with Crippen molar-refractivity contribution in [3.05, 3.63) is 0 Å². The maximum atomic E-state index is 12.4. The number of hydrogen-bond acceptors (Lipinski definition) is 1. The molecular formula is C10H18F3N. The van der Waals surface area contributed by atoms with Crippen molar-refractivity contribution in [3.63, 3.8) is 0 Å². The van der Waals surface area contributed by atoms with E-state index in [4.69, 9.17) is 0 Å². The molecule has 0 saturated heterocycles. The van der Waals surface area contributed by atoms with Crippen LogP contribution in [0.3, 0.4) is 0 Å². The van der Waals surface area contributed by atoms with Gasteiger partial charge in [-0.15, -0.1) is 0 Å². The highest BCUT2D eigenvalue weighted by atomic mass is 19.4. The van der Waals surface area contributed by atoms with Crippen molar-refractivity contribution in [1.82, 2.24) is 5.32 Å². The topological polar surface area (TPSA) is 12.0 Å². The average Bonchev–Trinajstić information content (AvgIpc) is 2.84. The van der Waals surface area contributed by atoms with Gasteiger partial charge in [-0.25, -0.2) is 0 Å². The Morgan fingerprint density at radius 2 is 1.79 bits per heavy atom. The Labute approximate surface area is 83.1 Å². The first-order valence-corrected chi connectivity index (χ1v) is 5.33. The Morgan fingerprint density at radius 3 is 2.21 bits per heavy atom. The summed E-state index contributed by atoms with van der Waals surface area (Å²) in [6, 6.07) is 0. The van der Waals surface area contributed by atoms with Gasteiger partial charge in [-0.2, -0.15) is 13.2 Å². The highest BCUT2D eigenvalue weighted by molar-refractivity contribution is 5.07. The van der Waals surface area contributed by atoms with Crippen molar-refractivity contribution in [2.75, 3.05) is 6.54 Å². The van der Waals surface area contributed by atoms with Crippen LogP contribution in [0.4, 0.5) is 13.2 Å². The molecule has 1 fully saturated rings. The van der Waals surface area contributed by atoms with Gasteiger partial charge in [-0.1, -0.05) is 26.2 Å². The van der Waals surface area contributed by atoms with Crippen LogP contribution in [0, 0.1) is 0 Å². The van der Waals surface area contributed by atoms with E-state index < -0.39 is 11.7 Å². The molecule has 0 aliphatic heterocycles. The Balaban J connectivity index is 2.12. The van der Waals surface area contributed by atoms with E-state index in [0.717, 1.165) is 25.7 Å². The van der Waals surface area contributed by atoms with Crippen LogP contribution >= 0.6 is 0 Å². The highest BCUT2D eigenvalue weighted by Crippen LogP contribution is 2.48. The first kappa shape index (κ1) is 11.8. The molecule has 1 aliphatic rings. The van der Waals surface area contributed by atoms with Crippen LogP contribution in [-0.2, 0) is 0 Å². The molecule has 84 valence electrons. The van der Waals surface area contributed by atoms with Crippen molar-refractivity contribution < 1.29 is 13.2 Å². The van der Waals surface area contributed by atoms with E-state index in [1.165, 1.54) is 0 Å². The maximum Gasteiger partial charge on any atom is 0.406 e. The van der Waals surface area contributed by atoms with Crippen LogP contribution in [0.5, 0.6) is 0 Å². The zero-order valence-corrected chi connectivity index (χ0v) is 8.58. The van der Waals surface area contributed by atoms with E-state index >= 15 is 0 Å². The van der Waals surface area contributed by atoms with Crippen molar-refractivity contribution in [2.45, 2.75) is 57.2 Å². The quantitative estimate of drug-likeness (QED) is 0.662. The largest absolute Gasteiger partial charge is 0.406 e. The lowest BCUT2D eigenvalue weighted by atomic mass is 10.2. The summed E-state index contributed by atoms with van der Waals surface area (Å²) in [5.41, 5.74) is -1.51. The van der Waals surface area contributed by atoms with Gasteiger partial charge in [0, 0.05) is 0 Å². The summed E-state index contributed by atoms with van der Waals surface area (Å²) in [7, 11) is 0. The van der Waals surface area contributed by atoms with E-state index in [1.54, 1.807) is 0 Å². The van der Waals surface area contributed by atoms with Crippen LogP contribution in [0.25, 0.3) is 0 Å². The fourth-order valence-corrected chi connectivity index (χ4v) is 1.56. The Hall–Kier alpha value is -0.250. The minimum atomic E-state index is -4.06. The van der Waals surface area contributed by atoms with Crippen molar-refractivity contribution in [1.29, 1.82) is 0 Å². The smallest absolute Gasteiger partial charge is 0.304 e. The van der Waals surface area contributed by atoms with Gasteiger partial charge in [0.05, 0.1) is 0 Å². The third kappa shape index (κ3) is 2.87. The van der Waals surface area contributed by atoms with Crippen LogP contribution in [0.2, 0.25) is 0 Å². The highest BCUT2D eigenvalue weighted by Gasteiger charge is 2.62. The molecule has 4 heteroatoms. The first-order chi connectivity index (χ1) is 6.52. The number of rotatable bonds is 6. The molecule has 1 rings (SSSR count). The van der Waals surface area contributed by atoms with Crippen molar-refractivity contribution in [2.24, 2.45) is 0 Å². The van der Waals surface area contributed by atoms with E-state index in [-0.39, 0.29) is 12.8 Å². The molecule has 0 bridgehead atoms. The predicted molar refractivity (Wildman–Crippen MR) is 50.2 cm³/mol. The van der Waals surface area contributed by atoms with Gasteiger partial charge >= 0.3 is 6.18 Å². The Morgan fingerprint density at radius 1 is 1.14 bits per heavy atom. The van der Waals surface area contributed by atoms with E-state index in [9.17, 15) is 13.2 Å². The second kappa shape index (κ2) is 4.51. The van der Waals surface area contributed by atoms with Crippen LogP contribution in [0.1, 0.15) is 45.4 Å². The molecular weight excluding hydrogens is 191 g/mol. The van der Waals surface area contributed by atoms with Gasteiger partial charge in [0.2, 0.25) is 0 Å². The van der Waals surface area contributed by atoms with E-state index in [2.05, 4.69) is 12.2 Å². The van der Waals surface area contributed by atoms with Crippen molar-refractivity contribution in [3.8, 4) is 0 Å². The standard InChI is InChI=1S/C10H18F3N/c1-2-3-4-5-8-14-9(6-7-9)10(11,12)13/h14H,2-8H2,1H3. The van der Waals surface area contributed by atoms with Gasteiger partial charge in [0.15, 0.2) is 0 Å². The van der Waals surface area contributed by atoms with Gasteiger partial charge in [-0.3, -0.25) is 0 Å². The van der Waals surface area contributed by atoms with Gasteiger partial charge < -0.3 is 5.32 Å². The molecule has 1 aliphatic carbocycles. The SMILES string of the molecule is CCCCCCNC1(C(F)(F)F)CC1.